The maximum Gasteiger partial charge on any atom is 0.259 e. The molecule has 2 N–H and O–H groups in total. The lowest BCUT2D eigenvalue weighted by molar-refractivity contribution is 0.102. The van der Waals surface area contributed by atoms with Crippen molar-refractivity contribution in [1.29, 1.82) is 0 Å². The molecule has 0 atom stereocenters. The molecule has 3 rings (SSSR count). The van der Waals surface area contributed by atoms with Crippen LogP contribution in [-0.2, 0) is 0 Å². The van der Waals surface area contributed by atoms with Crippen LogP contribution in [0.4, 0.5) is 5.69 Å². The summed E-state index contributed by atoms with van der Waals surface area (Å²) in [6.07, 6.45) is 3.14. The Bertz CT molecular complexity index is 788. The topological polar surface area (TPSA) is 67.0 Å². The minimum Gasteiger partial charge on any atom is -0.456 e. The Morgan fingerprint density at radius 3 is 2.82 bits per heavy atom. The van der Waals surface area contributed by atoms with Crippen molar-refractivity contribution in [2.24, 2.45) is 0 Å². The number of hydrogen-bond acceptors (Lipinski definition) is 3. The number of carbonyl (C=O) groups is 1. The van der Waals surface area contributed by atoms with Gasteiger partial charge in [-0.2, -0.15) is 5.10 Å². The van der Waals surface area contributed by atoms with Crippen molar-refractivity contribution >= 4 is 27.5 Å². The van der Waals surface area contributed by atoms with Gasteiger partial charge >= 0.3 is 0 Å². The Morgan fingerprint density at radius 1 is 1.18 bits per heavy atom. The highest BCUT2D eigenvalue weighted by molar-refractivity contribution is 9.10. The molecular weight excluding hydrogens is 346 g/mol. The van der Waals surface area contributed by atoms with E-state index in [4.69, 9.17) is 4.74 Å². The SMILES string of the molecule is O=C(Nc1cn[nH]c1)c1ccccc1Oc1cccc(Br)c1. The predicted molar refractivity (Wildman–Crippen MR) is 87.2 cm³/mol. The van der Waals surface area contributed by atoms with Crippen LogP contribution in [0.25, 0.3) is 0 Å². The molecule has 110 valence electrons. The van der Waals surface area contributed by atoms with Gasteiger partial charge in [-0.3, -0.25) is 9.89 Å². The van der Waals surface area contributed by atoms with Crippen LogP contribution in [0, 0.1) is 0 Å². The molecule has 0 aliphatic carbocycles. The molecule has 0 saturated carbocycles. The quantitative estimate of drug-likeness (QED) is 0.734. The summed E-state index contributed by atoms with van der Waals surface area (Å²) < 4.78 is 6.72. The zero-order chi connectivity index (χ0) is 15.4. The summed E-state index contributed by atoms with van der Waals surface area (Å²) in [5, 5.41) is 9.19. The number of nitrogens with one attached hydrogen (secondary N) is 2. The number of rotatable bonds is 4. The van der Waals surface area contributed by atoms with Gasteiger partial charge in [-0.1, -0.05) is 34.1 Å². The van der Waals surface area contributed by atoms with Crippen LogP contribution in [0.15, 0.2) is 65.4 Å². The summed E-state index contributed by atoms with van der Waals surface area (Å²) in [5.41, 5.74) is 1.05. The maximum absolute atomic E-state index is 12.3. The first-order chi connectivity index (χ1) is 10.7. The molecule has 1 amide bonds. The minimum atomic E-state index is -0.257. The van der Waals surface area contributed by atoms with Gasteiger partial charge in [0, 0.05) is 10.7 Å². The van der Waals surface area contributed by atoms with Gasteiger partial charge in [-0.05, 0) is 30.3 Å². The number of nitrogens with zero attached hydrogens (tertiary/aromatic N) is 1. The molecule has 22 heavy (non-hydrogen) atoms. The predicted octanol–water partition coefficient (Wildman–Crippen LogP) is 4.22. The molecule has 0 unspecified atom stereocenters. The smallest absolute Gasteiger partial charge is 0.259 e. The molecule has 0 spiro atoms. The molecule has 0 aliphatic heterocycles. The van der Waals surface area contributed by atoms with Crippen molar-refractivity contribution in [3.05, 3.63) is 71.0 Å². The van der Waals surface area contributed by atoms with E-state index in [1.54, 1.807) is 24.4 Å². The molecular formula is C16H12BrN3O2. The molecule has 1 aromatic heterocycles. The number of ether oxygens (including phenoxy) is 1. The average Bonchev–Trinajstić information content (AvgIpc) is 3.01. The van der Waals surface area contributed by atoms with Gasteiger partial charge in [-0.15, -0.1) is 0 Å². The number of halogens is 1. The summed E-state index contributed by atoms with van der Waals surface area (Å²) in [5.74, 6) is 0.881. The monoisotopic (exact) mass is 357 g/mol. The van der Waals surface area contributed by atoms with Gasteiger partial charge in [0.1, 0.15) is 11.5 Å². The molecule has 0 aliphatic rings. The van der Waals surface area contributed by atoms with Crippen LogP contribution in [0.3, 0.4) is 0 Å². The minimum absolute atomic E-state index is 0.257. The number of aromatic amines is 1. The Hall–Kier alpha value is -2.60. The van der Waals surface area contributed by atoms with E-state index in [0.717, 1.165) is 4.47 Å². The maximum atomic E-state index is 12.3. The highest BCUT2D eigenvalue weighted by Crippen LogP contribution is 2.27. The summed E-state index contributed by atoms with van der Waals surface area (Å²) in [6, 6.07) is 14.5. The van der Waals surface area contributed by atoms with Crippen LogP contribution in [0.5, 0.6) is 11.5 Å². The second kappa shape index (κ2) is 6.44. The Labute approximate surface area is 135 Å². The summed E-state index contributed by atoms with van der Waals surface area (Å²) in [4.78, 5) is 12.3. The van der Waals surface area contributed by atoms with E-state index >= 15 is 0 Å². The Morgan fingerprint density at radius 2 is 2.05 bits per heavy atom. The molecule has 5 nitrogen and oxygen atoms in total. The van der Waals surface area contributed by atoms with E-state index < -0.39 is 0 Å². The zero-order valence-electron chi connectivity index (χ0n) is 11.4. The van der Waals surface area contributed by atoms with Crippen molar-refractivity contribution in [1.82, 2.24) is 10.2 Å². The van der Waals surface area contributed by atoms with Crippen molar-refractivity contribution in [2.45, 2.75) is 0 Å². The van der Waals surface area contributed by atoms with Gasteiger partial charge in [0.2, 0.25) is 0 Å². The van der Waals surface area contributed by atoms with Crippen LogP contribution in [0.2, 0.25) is 0 Å². The fourth-order valence-electron chi connectivity index (χ4n) is 1.92. The summed E-state index contributed by atoms with van der Waals surface area (Å²) in [6.45, 7) is 0. The van der Waals surface area contributed by atoms with Crippen molar-refractivity contribution in [3.8, 4) is 11.5 Å². The van der Waals surface area contributed by atoms with Gasteiger partial charge in [0.25, 0.3) is 5.91 Å². The molecule has 6 heteroatoms. The molecule has 2 aromatic carbocycles. The fraction of sp³-hybridized carbons (Fsp3) is 0. The highest BCUT2D eigenvalue weighted by atomic mass is 79.9. The second-order valence-electron chi connectivity index (χ2n) is 4.50. The zero-order valence-corrected chi connectivity index (χ0v) is 13.0. The normalized spacial score (nSPS) is 10.2. The highest BCUT2D eigenvalue weighted by Gasteiger charge is 2.13. The number of hydrogen-bond donors (Lipinski definition) is 2. The molecule has 1 heterocycles. The first-order valence-electron chi connectivity index (χ1n) is 6.55. The lowest BCUT2D eigenvalue weighted by atomic mass is 10.2. The van der Waals surface area contributed by atoms with E-state index in [2.05, 4.69) is 31.4 Å². The fourth-order valence-corrected chi connectivity index (χ4v) is 2.30. The van der Waals surface area contributed by atoms with E-state index in [1.807, 2.05) is 30.3 Å². The van der Waals surface area contributed by atoms with Crippen LogP contribution < -0.4 is 10.1 Å². The summed E-state index contributed by atoms with van der Waals surface area (Å²) >= 11 is 3.39. The van der Waals surface area contributed by atoms with Gasteiger partial charge in [-0.25, -0.2) is 0 Å². The number of anilines is 1. The lowest BCUT2D eigenvalue weighted by Crippen LogP contribution is -2.12. The van der Waals surface area contributed by atoms with Crippen LogP contribution in [0.1, 0.15) is 10.4 Å². The van der Waals surface area contributed by atoms with E-state index in [-0.39, 0.29) is 5.91 Å². The van der Waals surface area contributed by atoms with E-state index in [0.29, 0.717) is 22.7 Å². The van der Waals surface area contributed by atoms with Crippen molar-refractivity contribution in [3.63, 3.8) is 0 Å². The van der Waals surface area contributed by atoms with Gasteiger partial charge in [0.15, 0.2) is 0 Å². The number of benzene rings is 2. The number of carbonyl (C=O) groups excluding carboxylic acids is 1. The third kappa shape index (κ3) is 3.35. The average molecular weight is 358 g/mol. The number of para-hydroxylation sites is 1. The number of H-pyrrole nitrogens is 1. The van der Waals surface area contributed by atoms with Gasteiger partial charge < -0.3 is 10.1 Å². The van der Waals surface area contributed by atoms with E-state index in [1.165, 1.54) is 6.20 Å². The number of amides is 1. The largest absolute Gasteiger partial charge is 0.456 e. The Kier molecular flexibility index (Phi) is 4.20. The molecule has 3 aromatic rings. The molecule has 0 radical (unpaired) electrons. The third-order valence-electron chi connectivity index (χ3n) is 2.91. The molecule has 0 fully saturated rings. The third-order valence-corrected chi connectivity index (χ3v) is 3.40. The first-order valence-corrected chi connectivity index (χ1v) is 7.34. The second-order valence-corrected chi connectivity index (χ2v) is 5.41. The number of aromatic nitrogens is 2. The molecule has 0 saturated heterocycles. The van der Waals surface area contributed by atoms with Crippen LogP contribution >= 0.6 is 15.9 Å². The molecule has 0 bridgehead atoms. The Balaban J connectivity index is 1.85. The van der Waals surface area contributed by atoms with Crippen molar-refractivity contribution in [2.75, 3.05) is 5.32 Å². The first kappa shape index (κ1) is 14.3. The summed E-state index contributed by atoms with van der Waals surface area (Å²) in [7, 11) is 0. The van der Waals surface area contributed by atoms with Crippen molar-refractivity contribution < 1.29 is 9.53 Å². The standard InChI is InChI=1S/C16H12BrN3O2/c17-11-4-3-5-13(8-11)22-15-7-2-1-6-14(15)16(21)20-12-9-18-19-10-12/h1-10H,(H,18,19)(H,20,21). The van der Waals surface area contributed by atoms with E-state index in [9.17, 15) is 4.79 Å². The van der Waals surface area contributed by atoms with Crippen LogP contribution in [-0.4, -0.2) is 16.1 Å². The van der Waals surface area contributed by atoms with Gasteiger partial charge in [0.05, 0.1) is 17.4 Å². The lowest BCUT2D eigenvalue weighted by Gasteiger charge is -2.11.